The maximum Gasteiger partial charge on any atom is 0.273 e. The van der Waals surface area contributed by atoms with E-state index in [4.69, 9.17) is 0 Å². The summed E-state index contributed by atoms with van der Waals surface area (Å²) >= 11 is 0. The Balaban J connectivity index is 2.06. The Morgan fingerprint density at radius 1 is 1.16 bits per heavy atom. The molecule has 1 N–H and O–H groups in total. The molecule has 0 aliphatic carbocycles. The second-order valence-corrected chi connectivity index (χ2v) is 6.83. The van der Waals surface area contributed by atoms with Crippen LogP contribution < -0.4 is 5.43 Å². The summed E-state index contributed by atoms with van der Waals surface area (Å²) in [6.07, 6.45) is 1.53. The highest BCUT2D eigenvalue weighted by atomic mass is 16.6. The summed E-state index contributed by atoms with van der Waals surface area (Å²) in [5.74, 6) is -0.495. The molecule has 0 unspecified atom stereocenters. The van der Waals surface area contributed by atoms with Crippen LogP contribution in [0.5, 0.6) is 0 Å². The van der Waals surface area contributed by atoms with E-state index in [0.717, 1.165) is 5.56 Å². The maximum atomic E-state index is 12.1. The van der Waals surface area contributed by atoms with Gasteiger partial charge in [-0.2, -0.15) is 5.10 Å². The quantitative estimate of drug-likeness (QED) is 0.520. The molecular formula is C19H21N3O3. The predicted molar refractivity (Wildman–Crippen MR) is 98.0 cm³/mol. The zero-order valence-electron chi connectivity index (χ0n) is 14.7. The molecule has 0 atom stereocenters. The molecule has 0 aromatic heterocycles. The van der Waals surface area contributed by atoms with Crippen LogP contribution in [-0.4, -0.2) is 17.0 Å². The van der Waals surface area contributed by atoms with E-state index in [-0.39, 0.29) is 16.7 Å². The lowest BCUT2D eigenvalue weighted by Gasteiger charge is -2.18. The van der Waals surface area contributed by atoms with E-state index in [2.05, 4.69) is 31.3 Å². The SMILES string of the molecule is Cc1ccc(C(=O)N/N=C\c2ccc(C(C)(C)C)cc2)cc1[N+](=O)[O-]. The van der Waals surface area contributed by atoms with Crippen LogP contribution in [0.3, 0.4) is 0 Å². The highest BCUT2D eigenvalue weighted by molar-refractivity contribution is 5.95. The minimum atomic E-state index is -0.508. The highest BCUT2D eigenvalue weighted by Gasteiger charge is 2.15. The van der Waals surface area contributed by atoms with Crippen LogP contribution in [0.1, 0.15) is 47.8 Å². The maximum absolute atomic E-state index is 12.1. The summed E-state index contributed by atoms with van der Waals surface area (Å²) in [6.45, 7) is 8.03. The van der Waals surface area contributed by atoms with Gasteiger partial charge in [0.1, 0.15) is 0 Å². The first-order chi connectivity index (χ1) is 11.7. The van der Waals surface area contributed by atoms with E-state index in [1.165, 1.54) is 23.9 Å². The summed E-state index contributed by atoms with van der Waals surface area (Å²) in [7, 11) is 0. The number of nitrogens with zero attached hydrogens (tertiary/aromatic N) is 2. The number of benzene rings is 2. The Bertz CT molecular complexity index is 819. The summed E-state index contributed by atoms with van der Waals surface area (Å²) in [5, 5.41) is 14.9. The third-order valence-corrected chi connectivity index (χ3v) is 3.82. The number of aryl methyl sites for hydroxylation is 1. The van der Waals surface area contributed by atoms with Gasteiger partial charge in [-0.15, -0.1) is 0 Å². The number of carbonyl (C=O) groups is 1. The van der Waals surface area contributed by atoms with E-state index < -0.39 is 10.8 Å². The number of nitrogens with one attached hydrogen (secondary N) is 1. The molecule has 0 bridgehead atoms. The van der Waals surface area contributed by atoms with Crippen LogP contribution in [-0.2, 0) is 5.41 Å². The Kier molecular flexibility index (Phi) is 5.32. The molecular weight excluding hydrogens is 318 g/mol. The van der Waals surface area contributed by atoms with Gasteiger partial charge in [0.15, 0.2) is 0 Å². The zero-order valence-corrected chi connectivity index (χ0v) is 14.7. The predicted octanol–water partition coefficient (Wildman–Crippen LogP) is 3.96. The topological polar surface area (TPSA) is 84.6 Å². The molecule has 0 spiro atoms. The van der Waals surface area contributed by atoms with Crippen molar-refractivity contribution < 1.29 is 9.72 Å². The van der Waals surface area contributed by atoms with Crippen molar-refractivity contribution in [2.45, 2.75) is 33.1 Å². The van der Waals surface area contributed by atoms with Crippen LogP contribution >= 0.6 is 0 Å². The fourth-order valence-electron chi connectivity index (χ4n) is 2.25. The van der Waals surface area contributed by atoms with Crippen molar-refractivity contribution in [2.75, 3.05) is 0 Å². The molecule has 0 fully saturated rings. The lowest BCUT2D eigenvalue weighted by atomic mass is 9.87. The molecule has 0 aliphatic heterocycles. The van der Waals surface area contributed by atoms with Gasteiger partial charge in [-0.1, -0.05) is 51.1 Å². The molecule has 130 valence electrons. The van der Waals surface area contributed by atoms with Crippen molar-refractivity contribution in [3.8, 4) is 0 Å². The molecule has 2 rings (SSSR count). The zero-order chi connectivity index (χ0) is 18.6. The Labute approximate surface area is 146 Å². The van der Waals surface area contributed by atoms with Gasteiger partial charge in [0.05, 0.1) is 11.1 Å². The Hall–Kier alpha value is -3.02. The van der Waals surface area contributed by atoms with Crippen molar-refractivity contribution >= 4 is 17.8 Å². The standard InChI is InChI=1S/C19H21N3O3/c1-13-5-8-15(11-17(13)22(24)25)18(23)21-20-12-14-6-9-16(10-7-14)19(2,3)4/h5-12H,1-4H3,(H,21,23)/b20-12-. The molecule has 2 aromatic rings. The molecule has 6 heteroatoms. The summed E-state index contributed by atoms with van der Waals surface area (Å²) in [4.78, 5) is 22.5. The normalized spacial score (nSPS) is 11.5. The molecule has 2 aromatic carbocycles. The van der Waals surface area contributed by atoms with Crippen molar-refractivity contribution in [2.24, 2.45) is 5.10 Å². The fourth-order valence-corrected chi connectivity index (χ4v) is 2.25. The van der Waals surface area contributed by atoms with Crippen LogP contribution in [0, 0.1) is 17.0 Å². The van der Waals surface area contributed by atoms with Crippen LogP contribution in [0.2, 0.25) is 0 Å². The molecule has 6 nitrogen and oxygen atoms in total. The smallest absolute Gasteiger partial charge is 0.267 e. The van der Waals surface area contributed by atoms with Crippen LogP contribution in [0.4, 0.5) is 5.69 Å². The number of rotatable bonds is 4. The van der Waals surface area contributed by atoms with Gasteiger partial charge in [-0.3, -0.25) is 14.9 Å². The number of nitro benzene ring substituents is 1. The first kappa shape index (κ1) is 18.3. The van der Waals surface area contributed by atoms with Gasteiger partial charge in [-0.05, 0) is 29.5 Å². The molecule has 0 radical (unpaired) electrons. The lowest BCUT2D eigenvalue weighted by Crippen LogP contribution is -2.18. The van der Waals surface area contributed by atoms with Gasteiger partial charge in [0, 0.05) is 17.2 Å². The summed E-state index contributed by atoms with van der Waals surface area (Å²) < 4.78 is 0. The van der Waals surface area contributed by atoms with Gasteiger partial charge in [-0.25, -0.2) is 5.43 Å². The van der Waals surface area contributed by atoms with Crippen LogP contribution in [0.15, 0.2) is 47.6 Å². The number of hydrazone groups is 1. The number of amides is 1. The van der Waals surface area contributed by atoms with E-state index in [1.807, 2.05) is 24.3 Å². The third kappa shape index (κ3) is 4.73. The number of hydrogen-bond acceptors (Lipinski definition) is 4. The average Bonchev–Trinajstić information content (AvgIpc) is 2.54. The number of hydrogen-bond donors (Lipinski definition) is 1. The number of carbonyl (C=O) groups excluding carboxylic acids is 1. The second kappa shape index (κ2) is 7.25. The van der Waals surface area contributed by atoms with Crippen molar-refractivity contribution in [1.82, 2.24) is 5.43 Å². The molecule has 0 aliphatic rings. The van der Waals surface area contributed by atoms with Gasteiger partial charge in [0.25, 0.3) is 11.6 Å². The minimum Gasteiger partial charge on any atom is -0.267 e. The third-order valence-electron chi connectivity index (χ3n) is 3.82. The van der Waals surface area contributed by atoms with Crippen molar-refractivity contribution in [3.63, 3.8) is 0 Å². The van der Waals surface area contributed by atoms with Crippen molar-refractivity contribution in [3.05, 3.63) is 74.8 Å². The monoisotopic (exact) mass is 339 g/mol. The summed E-state index contributed by atoms with van der Waals surface area (Å²) in [5.41, 5.74) is 5.13. The van der Waals surface area contributed by atoms with E-state index >= 15 is 0 Å². The highest BCUT2D eigenvalue weighted by Crippen LogP contribution is 2.22. The Morgan fingerprint density at radius 2 is 1.80 bits per heavy atom. The fraction of sp³-hybridized carbons (Fsp3) is 0.263. The molecule has 0 heterocycles. The van der Waals surface area contributed by atoms with E-state index in [0.29, 0.717) is 5.56 Å². The van der Waals surface area contributed by atoms with E-state index in [9.17, 15) is 14.9 Å². The number of nitro groups is 1. The lowest BCUT2D eigenvalue weighted by molar-refractivity contribution is -0.385. The van der Waals surface area contributed by atoms with Gasteiger partial charge in [0.2, 0.25) is 0 Å². The van der Waals surface area contributed by atoms with Gasteiger partial charge < -0.3 is 0 Å². The average molecular weight is 339 g/mol. The van der Waals surface area contributed by atoms with E-state index in [1.54, 1.807) is 13.0 Å². The largest absolute Gasteiger partial charge is 0.273 e. The first-order valence-electron chi connectivity index (χ1n) is 7.87. The molecule has 25 heavy (non-hydrogen) atoms. The van der Waals surface area contributed by atoms with Crippen LogP contribution in [0.25, 0.3) is 0 Å². The molecule has 0 saturated carbocycles. The minimum absolute atomic E-state index is 0.0735. The molecule has 0 saturated heterocycles. The van der Waals surface area contributed by atoms with Crippen molar-refractivity contribution in [1.29, 1.82) is 0 Å². The summed E-state index contributed by atoms with van der Waals surface area (Å²) in [6, 6.07) is 12.2. The Morgan fingerprint density at radius 3 is 2.36 bits per heavy atom. The second-order valence-electron chi connectivity index (χ2n) is 6.83. The molecule has 1 amide bonds. The first-order valence-corrected chi connectivity index (χ1v) is 7.87. The van der Waals surface area contributed by atoms with Gasteiger partial charge >= 0.3 is 0 Å².